The molecule has 0 saturated carbocycles. The monoisotopic (exact) mass is 137 g/mol. The van der Waals surface area contributed by atoms with Crippen molar-refractivity contribution >= 4 is 0 Å². The van der Waals surface area contributed by atoms with Gasteiger partial charge < -0.3 is 0 Å². The van der Waals surface area contributed by atoms with Crippen molar-refractivity contribution in [1.29, 1.82) is 0 Å². The Balaban J connectivity index is 3.91. The van der Waals surface area contributed by atoms with E-state index in [1.54, 1.807) is 0 Å². The summed E-state index contributed by atoms with van der Waals surface area (Å²) in [4.78, 5) is 0. The van der Waals surface area contributed by atoms with E-state index < -0.39 is 0 Å². The van der Waals surface area contributed by atoms with Crippen LogP contribution in [0.25, 0.3) is 0 Å². The van der Waals surface area contributed by atoms with Crippen LogP contribution < -0.4 is 0 Å². The lowest BCUT2D eigenvalue weighted by Crippen LogP contribution is -1.72. The minimum atomic E-state index is 1.10. The van der Waals surface area contributed by atoms with Crippen LogP contribution in [0.1, 0.15) is 40.5 Å². The van der Waals surface area contributed by atoms with Gasteiger partial charge in [-0.05, 0) is 32.8 Å². The van der Waals surface area contributed by atoms with E-state index >= 15 is 0 Å². The first kappa shape index (κ1) is 9.48. The van der Waals surface area contributed by atoms with Gasteiger partial charge in [0, 0.05) is 0 Å². The van der Waals surface area contributed by atoms with Gasteiger partial charge in [0.2, 0.25) is 0 Å². The predicted octanol–water partition coefficient (Wildman–Crippen LogP) is 3.50. The lowest BCUT2D eigenvalue weighted by molar-refractivity contribution is 1.07. The molecule has 1 radical (unpaired) electrons. The maximum Gasteiger partial charge on any atom is -0.0196 e. The summed E-state index contributed by atoms with van der Waals surface area (Å²) in [6.45, 7) is 8.56. The third kappa shape index (κ3) is 4.37. The molecular weight excluding hydrogens is 120 g/mol. The molecule has 0 aromatic rings. The predicted molar refractivity (Wildman–Crippen MR) is 46.8 cm³/mol. The average molecular weight is 137 g/mol. The first-order chi connectivity index (χ1) is 4.70. The molecule has 0 unspecified atom stereocenters. The molecule has 0 amide bonds. The molecule has 0 atom stereocenters. The molecule has 0 aliphatic heterocycles. The Morgan fingerprint density at radius 2 is 1.80 bits per heavy atom. The molecule has 0 fully saturated rings. The Hall–Kier alpha value is -0.520. The topological polar surface area (TPSA) is 0 Å². The molecule has 0 rings (SSSR count). The molecule has 0 nitrogen and oxygen atoms in total. The van der Waals surface area contributed by atoms with Gasteiger partial charge >= 0.3 is 0 Å². The Bertz CT molecular complexity index is 120. The number of hydrogen-bond donors (Lipinski definition) is 0. The van der Waals surface area contributed by atoms with E-state index in [1.165, 1.54) is 11.1 Å². The van der Waals surface area contributed by atoms with Gasteiger partial charge in [0.15, 0.2) is 0 Å². The molecule has 0 aliphatic rings. The quantitative estimate of drug-likeness (QED) is 0.522. The Morgan fingerprint density at radius 1 is 1.20 bits per heavy atom. The zero-order valence-electron chi connectivity index (χ0n) is 7.49. The molecule has 0 heterocycles. The molecule has 0 saturated heterocycles. The summed E-state index contributed by atoms with van der Waals surface area (Å²) >= 11 is 0. The maximum atomic E-state index is 3.24. The molecule has 10 heavy (non-hydrogen) atoms. The second kappa shape index (κ2) is 5.28. The molecule has 0 aromatic carbocycles. The van der Waals surface area contributed by atoms with Gasteiger partial charge in [-0.15, -0.1) is 0 Å². The number of allylic oxidation sites excluding steroid dienone is 4. The molecule has 0 spiro atoms. The zero-order valence-corrected chi connectivity index (χ0v) is 7.49. The summed E-state index contributed by atoms with van der Waals surface area (Å²) in [5.74, 6) is 0. The van der Waals surface area contributed by atoms with E-state index in [2.05, 4.69) is 39.8 Å². The highest BCUT2D eigenvalue weighted by Gasteiger charge is 1.82. The van der Waals surface area contributed by atoms with Crippen LogP contribution in [-0.2, 0) is 0 Å². The first-order valence-electron chi connectivity index (χ1n) is 3.95. The van der Waals surface area contributed by atoms with Crippen molar-refractivity contribution in [2.45, 2.75) is 40.5 Å². The molecule has 0 aliphatic carbocycles. The lowest BCUT2D eigenvalue weighted by atomic mass is 10.1. The summed E-state index contributed by atoms with van der Waals surface area (Å²) < 4.78 is 0. The highest BCUT2D eigenvalue weighted by atomic mass is 13.9. The van der Waals surface area contributed by atoms with Gasteiger partial charge in [0.25, 0.3) is 0 Å². The van der Waals surface area contributed by atoms with E-state index in [1.807, 2.05) is 0 Å². The first-order valence-corrected chi connectivity index (χ1v) is 3.95. The zero-order chi connectivity index (χ0) is 7.98. The summed E-state index contributed by atoms with van der Waals surface area (Å²) in [6, 6.07) is 0. The van der Waals surface area contributed by atoms with Crippen LogP contribution in [0.4, 0.5) is 0 Å². The molecule has 0 N–H and O–H groups in total. The average Bonchev–Trinajstić information content (AvgIpc) is 1.99. The fourth-order valence-corrected chi connectivity index (χ4v) is 0.451. The van der Waals surface area contributed by atoms with Crippen molar-refractivity contribution in [3.8, 4) is 0 Å². The SMILES string of the molecule is CC/C(C)=[C]/C=C(\C)CC. The third-order valence-electron chi connectivity index (χ3n) is 1.65. The molecule has 0 heteroatoms. The van der Waals surface area contributed by atoms with E-state index in [9.17, 15) is 0 Å². The second-order valence-corrected chi connectivity index (χ2v) is 2.62. The van der Waals surface area contributed by atoms with Crippen LogP contribution in [0.15, 0.2) is 17.2 Å². The Kier molecular flexibility index (Phi) is 5.00. The van der Waals surface area contributed by atoms with Crippen molar-refractivity contribution in [3.63, 3.8) is 0 Å². The van der Waals surface area contributed by atoms with Crippen LogP contribution >= 0.6 is 0 Å². The Labute approximate surface area is 64.6 Å². The third-order valence-corrected chi connectivity index (χ3v) is 1.65. The summed E-state index contributed by atoms with van der Waals surface area (Å²) in [6.07, 6.45) is 7.55. The van der Waals surface area contributed by atoms with Crippen LogP contribution in [0.5, 0.6) is 0 Å². The fraction of sp³-hybridized carbons (Fsp3) is 0.600. The molecule has 0 aromatic heterocycles. The smallest absolute Gasteiger partial charge is 0.0196 e. The highest BCUT2D eigenvalue weighted by molar-refractivity contribution is 5.08. The summed E-state index contributed by atoms with van der Waals surface area (Å²) in [5.41, 5.74) is 2.72. The van der Waals surface area contributed by atoms with Gasteiger partial charge in [-0.3, -0.25) is 0 Å². The van der Waals surface area contributed by atoms with E-state index in [0.29, 0.717) is 0 Å². The van der Waals surface area contributed by atoms with Gasteiger partial charge in [0.05, 0.1) is 0 Å². The number of hydrogen-bond acceptors (Lipinski definition) is 0. The largest absolute Gasteiger partial charge is 0.0730 e. The molecule has 0 bridgehead atoms. The van der Waals surface area contributed by atoms with Gasteiger partial charge in [0.1, 0.15) is 0 Å². The Morgan fingerprint density at radius 3 is 2.20 bits per heavy atom. The minimum Gasteiger partial charge on any atom is -0.0730 e. The van der Waals surface area contributed by atoms with E-state index in [4.69, 9.17) is 0 Å². The number of rotatable bonds is 3. The lowest BCUT2D eigenvalue weighted by Gasteiger charge is -1.92. The van der Waals surface area contributed by atoms with Gasteiger partial charge in [-0.25, -0.2) is 0 Å². The second-order valence-electron chi connectivity index (χ2n) is 2.62. The van der Waals surface area contributed by atoms with Crippen molar-refractivity contribution in [3.05, 3.63) is 23.3 Å². The van der Waals surface area contributed by atoms with Crippen molar-refractivity contribution in [2.24, 2.45) is 0 Å². The molecular formula is C10H17. The maximum absolute atomic E-state index is 3.24. The normalized spacial score (nSPS) is 14.0. The summed E-state index contributed by atoms with van der Waals surface area (Å²) in [5, 5.41) is 0. The standard InChI is InChI=1S/C10H17/c1-5-9(3)7-8-10(4)6-2/h7H,5-6H2,1-4H3/b9-7+,10-8?. The molecule has 57 valence electrons. The van der Waals surface area contributed by atoms with Crippen molar-refractivity contribution in [1.82, 2.24) is 0 Å². The van der Waals surface area contributed by atoms with Crippen LogP contribution in [-0.4, -0.2) is 0 Å². The van der Waals surface area contributed by atoms with Gasteiger partial charge in [-0.1, -0.05) is 31.1 Å². The highest BCUT2D eigenvalue weighted by Crippen LogP contribution is 2.01. The minimum absolute atomic E-state index is 1.10. The van der Waals surface area contributed by atoms with Crippen molar-refractivity contribution < 1.29 is 0 Å². The van der Waals surface area contributed by atoms with E-state index in [0.717, 1.165) is 12.8 Å². The van der Waals surface area contributed by atoms with Crippen LogP contribution in [0, 0.1) is 6.08 Å². The van der Waals surface area contributed by atoms with Crippen LogP contribution in [0.2, 0.25) is 0 Å². The van der Waals surface area contributed by atoms with Crippen molar-refractivity contribution in [2.75, 3.05) is 0 Å². The van der Waals surface area contributed by atoms with Gasteiger partial charge in [-0.2, -0.15) is 0 Å². The fourth-order valence-electron chi connectivity index (χ4n) is 0.451. The van der Waals surface area contributed by atoms with Crippen LogP contribution in [0.3, 0.4) is 0 Å². The summed E-state index contributed by atoms with van der Waals surface area (Å²) in [7, 11) is 0. The van der Waals surface area contributed by atoms with E-state index in [-0.39, 0.29) is 0 Å².